The Morgan fingerprint density at radius 2 is 1.48 bits per heavy atom. The van der Waals surface area contributed by atoms with E-state index in [9.17, 15) is 9.59 Å². The summed E-state index contributed by atoms with van der Waals surface area (Å²) in [4.78, 5) is 28.6. The fraction of sp³-hybridized carbons (Fsp3) is 0.259. The van der Waals surface area contributed by atoms with Gasteiger partial charge in [-0.1, -0.05) is 89.9 Å². The van der Waals surface area contributed by atoms with Crippen LogP contribution in [0.2, 0.25) is 10.0 Å². The van der Waals surface area contributed by atoms with Crippen molar-refractivity contribution >= 4 is 35.0 Å². The van der Waals surface area contributed by atoms with E-state index in [4.69, 9.17) is 23.2 Å². The van der Waals surface area contributed by atoms with Gasteiger partial charge in [-0.25, -0.2) is 0 Å². The summed E-state index contributed by atoms with van der Waals surface area (Å²) < 4.78 is 0. The Bertz CT molecular complexity index is 1070. The van der Waals surface area contributed by atoms with Crippen LogP contribution >= 0.6 is 23.2 Å². The molecule has 0 aliphatic carbocycles. The number of carbonyl (C=O) groups excluding carboxylic acids is 2. The molecule has 4 nitrogen and oxygen atoms in total. The van der Waals surface area contributed by atoms with E-state index < -0.39 is 6.04 Å². The van der Waals surface area contributed by atoms with Gasteiger partial charge in [0, 0.05) is 29.1 Å². The number of nitrogens with zero attached hydrogens (tertiary/aromatic N) is 1. The highest BCUT2D eigenvalue weighted by Gasteiger charge is 2.31. The van der Waals surface area contributed by atoms with Gasteiger partial charge < -0.3 is 10.2 Å². The first kappa shape index (κ1) is 24.8. The van der Waals surface area contributed by atoms with Gasteiger partial charge in [-0.3, -0.25) is 9.59 Å². The number of rotatable bonds is 9. The quantitative estimate of drug-likeness (QED) is 0.425. The molecule has 0 heterocycles. The molecular formula is C27H28Cl2N2O2. The van der Waals surface area contributed by atoms with E-state index in [0.29, 0.717) is 16.5 Å². The lowest BCUT2D eigenvalue weighted by atomic mass is 10.0. The summed E-state index contributed by atoms with van der Waals surface area (Å²) in [5.41, 5.74) is 2.59. The topological polar surface area (TPSA) is 49.4 Å². The van der Waals surface area contributed by atoms with Crippen molar-refractivity contribution in [2.75, 3.05) is 0 Å². The van der Waals surface area contributed by atoms with Crippen molar-refractivity contribution in [3.63, 3.8) is 0 Å². The van der Waals surface area contributed by atoms with Crippen LogP contribution in [0.5, 0.6) is 0 Å². The van der Waals surface area contributed by atoms with E-state index in [-0.39, 0.29) is 30.8 Å². The maximum Gasteiger partial charge on any atom is 0.243 e. The Balaban J connectivity index is 1.98. The standard InChI is InChI=1S/C27H28Cl2N2O2/c1-19(2)30-27(33)25(15-20-9-5-3-6-10-20)31(18-22-13-14-23(28)17-24(22)29)26(32)16-21-11-7-4-8-12-21/h3-14,17,19,25H,15-16,18H2,1-2H3,(H,30,33). The van der Waals surface area contributed by atoms with Crippen molar-refractivity contribution in [2.24, 2.45) is 0 Å². The Hall–Kier alpha value is -2.82. The molecule has 0 bridgehead atoms. The lowest BCUT2D eigenvalue weighted by molar-refractivity contribution is -0.141. The van der Waals surface area contributed by atoms with Crippen molar-refractivity contribution in [1.82, 2.24) is 10.2 Å². The molecule has 33 heavy (non-hydrogen) atoms. The predicted octanol–water partition coefficient (Wildman–Crippen LogP) is 5.70. The van der Waals surface area contributed by atoms with Gasteiger partial charge in [-0.15, -0.1) is 0 Å². The Kier molecular flexibility index (Phi) is 8.93. The fourth-order valence-corrected chi connectivity index (χ4v) is 4.11. The highest BCUT2D eigenvalue weighted by molar-refractivity contribution is 6.35. The maximum absolute atomic E-state index is 13.6. The monoisotopic (exact) mass is 482 g/mol. The third-order valence-corrected chi connectivity index (χ3v) is 5.84. The molecule has 0 fully saturated rings. The first-order valence-corrected chi connectivity index (χ1v) is 11.7. The summed E-state index contributed by atoms with van der Waals surface area (Å²) in [6.07, 6.45) is 0.581. The second-order valence-electron chi connectivity index (χ2n) is 8.29. The molecule has 1 atom stereocenters. The molecule has 0 aromatic heterocycles. The Labute approximate surface area is 205 Å². The maximum atomic E-state index is 13.6. The summed E-state index contributed by atoms with van der Waals surface area (Å²) in [5, 5.41) is 3.96. The van der Waals surface area contributed by atoms with Crippen LogP contribution < -0.4 is 5.32 Å². The molecule has 0 saturated heterocycles. The van der Waals surface area contributed by atoms with E-state index >= 15 is 0 Å². The number of amides is 2. The van der Waals surface area contributed by atoms with Crippen LogP contribution in [-0.4, -0.2) is 28.8 Å². The molecule has 1 N–H and O–H groups in total. The lowest BCUT2D eigenvalue weighted by Crippen LogP contribution is -2.52. The van der Waals surface area contributed by atoms with E-state index in [0.717, 1.165) is 16.7 Å². The van der Waals surface area contributed by atoms with E-state index in [1.165, 1.54) is 0 Å². The zero-order valence-corrected chi connectivity index (χ0v) is 20.3. The van der Waals surface area contributed by atoms with Crippen molar-refractivity contribution in [2.45, 2.75) is 45.3 Å². The lowest BCUT2D eigenvalue weighted by Gasteiger charge is -2.32. The smallest absolute Gasteiger partial charge is 0.243 e. The van der Waals surface area contributed by atoms with Gasteiger partial charge in [0.1, 0.15) is 6.04 Å². The average Bonchev–Trinajstić information content (AvgIpc) is 2.78. The SMILES string of the molecule is CC(C)NC(=O)C(Cc1ccccc1)N(Cc1ccc(Cl)cc1Cl)C(=O)Cc1ccccc1. The molecule has 172 valence electrons. The van der Waals surface area contributed by atoms with Crippen LogP contribution in [0.25, 0.3) is 0 Å². The van der Waals surface area contributed by atoms with Crippen LogP contribution in [0.1, 0.15) is 30.5 Å². The zero-order chi connectivity index (χ0) is 23.8. The van der Waals surface area contributed by atoms with Gasteiger partial charge in [-0.2, -0.15) is 0 Å². The van der Waals surface area contributed by atoms with E-state index in [2.05, 4.69) is 5.32 Å². The van der Waals surface area contributed by atoms with E-state index in [1.807, 2.05) is 74.5 Å². The highest BCUT2D eigenvalue weighted by atomic mass is 35.5. The van der Waals surface area contributed by atoms with Crippen LogP contribution in [-0.2, 0) is 29.0 Å². The van der Waals surface area contributed by atoms with Crippen LogP contribution in [0, 0.1) is 0 Å². The van der Waals surface area contributed by atoms with Gasteiger partial charge in [0.05, 0.1) is 6.42 Å². The second-order valence-corrected chi connectivity index (χ2v) is 9.13. The molecule has 0 saturated carbocycles. The van der Waals surface area contributed by atoms with Crippen molar-refractivity contribution < 1.29 is 9.59 Å². The summed E-state index contributed by atoms with van der Waals surface area (Å²) in [7, 11) is 0. The molecule has 3 rings (SSSR count). The van der Waals surface area contributed by atoms with Crippen LogP contribution in [0.3, 0.4) is 0 Å². The van der Waals surface area contributed by atoms with Gasteiger partial charge in [-0.05, 0) is 42.7 Å². The van der Waals surface area contributed by atoms with Crippen molar-refractivity contribution in [3.8, 4) is 0 Å². The van der Waals surface area contributed by atoms with Gasteiger partial charge in [0.25, 0.3) is 0 Å². The third kappa shape index (κ3) is 7.34. The molecule has 0 radical (unpaired) electrons. The van der Waals surface area contributed by atoms with Gasteiger partial charge in [0.2, 0.25) is 11.8 Å². The van der Waals surface area contributed by atoms with Gasteiger partial charge in [0.15, 0.2) is 0 Å². The largest absolute Gasteiger partial charge is 0.352 e. The number of benzene rings is 3. The first-order chi connectivity index (χ1) is 15.8. The molecular weight excluding hydrogens is 455 g/mol. The third-order valence-electron chi connectivity index (χ3n) is 5.26. The minimum atomic E-state index is -0.697. The van der Waals surface area contributed by atoms with Gasteiger partial charge >= 0.3 is 0 Å². The number of nitrogens with one attached hydrogen (secondary N) is 1. The number of carbonyl (C=O) groups is 2. The summed E-state index contributed by atoms with van der Waals surface area (Å²) in [5.74, 6) is -0.340. The molecule has 2 amide bonds. The normalized spacial score (nSPS) is 11.8. The van der Waals surface area contributed by atoms with Crippen LogP contribution in [0.4, 0.5) is 0 Å². The van der Waals surface area contributed by atoms with E-state index in [1.54, 1.807) is 23.1 Å². The molecule has 0 spiro atoms. The minimum Gasteiger partial charge on any atom is -0.352 e. The summed E-state index contributed by atoms with van der Waals surface area (Å²) >= 11 is 12.5. The Morgan fingerprint density at radius 1 is 0.879 bits per heavy atom. The number of hydrogen-bond donors (Lipinski definition) is 1. The first-order valence-electron chi connectivity index (χ1n) is 10.9. The Morgan fingerprint density at radius 3 is 2.06 bits per heavy atom. The van der Waals surface area contributed by atoms with Crippen molar-refractivity contribution in [3.05, 3.63) is 106 Å². The second kappa shape index (κ2) is 11.9. The van der Waals surface area contributed by atoms with Crippen molar-refractivity contribution in [1.29, 1.82) is 0 Å². The zero-order valence-electron chi connectivity index (χ0n) is 18.8. The molecule has 3 aromatic carbocycles. The van der Waals surface area contributed by atoms with Crippen LogP contribution in [0.15, 0.2) is 78.9 Å². The number of hydrogen-bond acceptors (Lipinski definition) is 2. The predicted molar refractivity (Wildman–Crippen MR) is 134 cm³/mol. The highest BCUT2D eigenvalue weighted by Crippen LogP contribution is 2.24. The molecule has 6 heteroatoms. The molecule has 1 unspecified atom stereocenters. The average molecular weight is 483 g/mol. The minimum absolute atomic E-state index is 0.0547. The molecule has 0 aliphatic rings. The molecule has 0 aliphatic heterocycles. The summed E-state index contributed by atoms with van der Waals surface area (Å²) in [6.45, 7) is 4.01. The fourth-order valence-electron chi connectivity index (χ4n) is 3.64. The summed E-state index contributed by atoms with van der Waals surface area (Å²) in [6, 6.07) is 23.7. The molecule has 3 aromatic rings. The number of halogens is 2.